The molecule has 1 aromatic rings. The van der Waals surface area contributed by atoms with Gasteiger partial charge in [-0.25, -0.2) is 8.78 Å². The smallest absolute Gasteiger partial charge is 0.128 e. The van der Waals surface area contributed by atoms with Gasteiger partial charge in [0.05, 0.1) is 6.10 Å². The van der Waals surface area contributed by atoms with Crippen molar-refractivity contribution in [2.45, 2.75) is 32.4 Å². The van der Waals surface area contributed by atoms with Crippen LogP contribution in [0.1, 0.15) is 31.9 Å². The molecule has 0 saturated heterocycles. The topological polar surface area (TPSA) is 21.3 Å². The Morgan fingerprint density at radius 3 is 2.59 bits per heavy atom. The molecule has 0 fully saturated rings. The van der Waals surface area contributed by atoms with Crippen LogP contribution in [0.3, 0.4) is 0 Å². The summed E-state index contributed by atoms with van der Waals surface area (Å²) in [6.07, 6.45) is 0.750. The number of rotatable bonds is 6. The second-order valence-corrected chi connectivity index (χ2v) is 4.22. The van der Waals surface area contributed by atoms with Crippen LogP contribution in [0.4, 0.5) is 8.78 Å². The summed E-state index contributed by atoms with van der Waals surface area (Å²) in [5.74, 6) is -0.818. The van der Waals surface area contributed by atoms with Gasteiger partial charge in [-0.2, -0.15) is 0 Å². The fourth-order valence-corrected chi connectivity index (χ4v) is 1.66. The van der Waals surface area contributed by atoms with Gasteiger partial charge in [0.15, 0.2) is 0 Å². The van der Waals surface area contributed by atoms with Crippen LogP contribution in [0.25, 0.3) is 0 Å². The van der Waals surface area contributed by atoms with Crippen molar-refractivity contribution in [3.63, 3.8) is 0 Å². The first-order chi connectivity index (χ1) is 8.04. The Bertz CT molecular complexity index is 355. The molecule has 0 radical (unpaired) electrons. The first-order valence-electron chi connectivity index (χ1n) is 5.78. The van der Waals surface area contributed by atoms with Crippen molar-refractivity contribution in [3.8, 4) is 0 Å². The SMILES string of the molecule is CNC(CCOC(C)C)c1cc(F)ccc1F. The first kappa shape index (κ1) is 14.1. The quantitative estimate of drug-likeness (QED) is 0.829. The van der Waals surface area contributed by atoms with Crippen LogP contribution in [0.2, 0.25) is 0 Å². The highest BCUT2D eigenvalue weighted by Gasteiger charge is 2.14. The fraction of sp³-hybridized carbons (Fsp3) is 0.538. The van der Waals surface area contributed by atoms with Crippen molar-refractivity contribution < 1.29 is 13.5 Å². The molecule has 0 aromatic heterocycles. The molecule has 1 unspecified atom stereocenters. The van der Waals surface area contributed by atoms with Gasteiger partial charge in [0.25, 0.3) is 0 Å². The number of hydrogen-bond donors (Lipinski definition) is 1. The van der Waals surface area contributed by atoms with E-state index in [2.05, 4.69) is 5.32 Å². The number of benzene rings is 1. The maximum Gasteiger partial charge on any atom is 0.128 e. The van der Waals surface area contributed by atoms with E-state index in [9.17, 15) is 8.78 Å². The predicted molar refractivity (Wildman–Crippen MR) is 63.9 cm³/mol. The molecule has 0 amide bonds. The van der Waals surface area contributed by atoms with Gasteiger partial charge in [-0.15, -0.1) is 0 Å². The molecule has 0 spiro atoms. The van der Waals surface area contributed by atoms with Crippen LogP contribution in [-0.4, -0.2) is 19.8 Å². The van der Waals surface area contributed by atoms with Crippen molar-refractivity contribution in [1.82, 2.24) is 5.32 Å². The third-order valence-electron chi connectivity index (χ3n) is 2.54. The summed E-state index contributed by atoms with van der Waals surface area (Å²) in [5.41, 5.74) is 0.347. The van der Waals surface area contributed by atoms with Crippen LogP contribution in [0.15, 0.2) is 18.2 Å². The molecule has 0 saturated carbocycles. The minimum Gasteiger partial charge on any atom is -0.379 e. The van der Waals surface area contributed by atoms with Crippen molar-refractivity contribution >= 4 is 0 Å². The molecular weight excluding hydrogens is 224 g/mol. The average Bonchev–Trinajstić information content (AvgIpc) is 2.28. The standard InChI is InChI=1S/C13H19F2NO/c1-9(2)17-7-6-13(16-3)11-8-10(14)4-5-12(11)15/h4-5,8-9,13,16H,6-7H2,1-3H3. The molecule has 17 heavy (non-hydrogen) atoms. The molecule has 0 aliphatic heterocycles. The highest BCUT2D eigenvalue weighted by molar-refractivity contribution is 5.22. The molecule has 96 valence electrons. The molecule has 0 aliphatic rings. The second kappa shape index (κ2) is 6.67. The Morgan fingerprint density at radius 1 is 1.29 bits per heavy atom. The molecule has 0 heterocycles. The molecule has 1 rings (SSSR count). The molecular formula is C13H19F2NO. The lowest BCUT2D eigenvalue weighted by molar-refractivity contribution is 0.0717. The van der Waals surface area contributed by atoms with Gasteiger partial charge in [0.1, 0.15) is 11.6 Å². The molecule has 1 N–H and O–H groups in total. The number of hydrogen-bond acceptors (Lipinski definition) is 2. The third-order valence-corrected chi connectivity index (χ3v) is 2.54. The van der Waals surface area contributed by atoms with Gasteiger partial charge in [0, 0.05) is 18.2 Å². The van der Waals surface area contributed by atoms with E-state index in [0.717, 1.165) is 12.1 Å². The molecule has 1 atom stereocenters. The third kappa shape index (κ3) is 4.40. The van der Waals surface area contributed by atoms with E-state index >= 15 is 0 Å². The van der Waals surface area contributed by atoms with Gasteiger partial charge in [-0.1, -0.05) is 0 Å². The van der Waals surface area contributed by atoms with E-state index in [1.54, 1.807) is 7.05 Å². The lowest BCUT2D eigenvalue weighted by atomic mass is 10.0. The average molecular weight is 243 g/mol. The highest BCUT2D eigenvalue weighted by Crippen LogP contribution is 2.21. The predicted octanol–water partition coefficient (Wildman–Crippen LogP) is 3.04. The zero-order valence-corrected chi connectivity index (χ0v) is 10.5. The zero-order valence-electron chi connectivity index (χ0n) is 10.5. The molecule has 0 bridgehead atoms. The van der Waals surface area contributed by atoms with E-state index in [-0.39, 0.29) is 12.1 Å². The van der Waals surface area contributed by atoms with Crippen molar-refractivity contribution in [2.24, 2.45) is 0 Å². The van der Waals surface area contributed by atoms with E-state index in [1.807, 2.05) is 13.8 Å². The normalized spacial score (nSPS) is 13.1. The number of halogens is 2. The lowest BCUT2D eigenvalue weighted by Gasteiger charge is -2.18. The molecule has 4 heteroatoms. The largest absolute Gasteiger partial charge is 0.379 e. The summed E-state index contributed by atoms with van der Waals surface area (Å²) in [7, 11) is 1.73. The lowest BCUT2D eigenvalue weighted by Crippen LogP contribution is -2.20. The Hall–Kier alpha value is -1.00. The number of nitrogens with one attached hydrogen (secondary N) is 1. The Balaban J connectivity index is 2.68. The second-order valence-electron chi connectivity index (χ2n) is 4.22. The first-order valence-corrected chi connectivity index (χ1v) is 5.78. The Labute approximate surface area is 101 Å². The molecule has 2 nitrogen and oxygen atoms in total. The van der Waals surface area contributed by atoms with Crippen molar-refractivity contribution in [1.29, 1.82) is 0 Å². The van der Waals surface area contributed by atoms with Crippen LogP contribution < -0.4 is 5.32 Å². The van der Waals surface area contributed by atoms with E-state index in [1.165, 1.54) is 6.07 Å². The van der Waals surface area contributed by atoms with Crippen molar-refractivity contribution in [3.05, 3.63) is 35.4 Å². The van der Waals surface area contributed by atoms with Gasteiger partial charge in [0.2, 0.25) is 0 Å². The number of ether oxygens (including phenoxy) is 1. The zero-order chi connectivity index (χ0) is 12.8. The maximum atomic E-state index is 13.5. The minimum atomic E-state index is -0.425. The Kier molecular flexibility index (Phi) is 5.51. The minimum absolute atomic E-state index is 0.143. The highest BCUT2D eigenvalue weighted by atomic mass is 19.1. The van der Waals surface area contributed by atoms with Gasteiger partial charge in [-0.05, 0) is 45.5 Å². The van der Waals surface area contributed by atoms with Gasteiger partial charge < -0.3 is 10.1 Å². The monoisotopic (exact) mass is 243 g/mol. The van der Waals surface area contributed by atoms with E-state index in [0.29, 0.717) is 18.6 Å². The summed E-state index contributed by atoms with van der Waals surface area (Å²) >= 11 is 0. The summed E-state index contributed by atoms with van der Waals surface area (Å²) in [5, 5.41) is 2.97. The summed E-state index contributed by atoms with van der Waals surface area (Å²) in [4.78, 5) is 0. The summed E-state index contributed by atoms with van der Waals surface area (Å²) in [6, 6.07) is 3.27. The van der Waals surface area contributed by atoms with Crippen LogP contribution in [-0.2, 0) is 4.74 Å². The maximum absolute atomic E-state index is 13.5. The van der Waals surface area contributed by atoms with Crippen LogP contribution >= 0.6 is 0 Å². The van der Waals surface area contributed by atoms with Crippen LogP contribution in [0, 0.1) is 11.6 Å². The summed E-state index contributed by atoms with van der Waals surface area (Å²) in [6.45, 7) is 4.40. The van der Waals surface area contributed by atoms with Crippen LogP contribution in [0.5, 0.6) is 0 Å². The van der Waals surface area contributed by atoms with Gasteiger partial charge in [-0.3, -0.25) is 0 Å². The van der Waals surface area contributed by atoms with E-state index < -0.39 is 11.6 Å². The Morgan fingerprint density at radius 2 is 2.00 bits per heavy atom. The summed E-state index contributed by atoms with van der Waals surface area (Å²) < 4.78 is 32.0. The molecule has 0 aliphatic carbocycles. The van der Waals surface area contributed by atoms with Crippen molar-refractivity contribution in [2.75, 3.05) is 13.7 Å². The van der Waals surface area contributed by atoms with Gasteiger partial charge >= 0.3 is 0 Å². The molecule has 1 aromatic carbocycles. The van der Waals surface area contributed by atoms with E-state index in [4.69, 9.17) is 4.74 Å². The fourth-order valence-electron chi connectivity index (χ4n) is 1.66.